The maximum atomic E-state index is 6.30. The Morgan fingerprint density at radius 3 is 2.59 bits per heavy atom. The van der Waals surface area contributed by atoms with E-state index in [-0.39, 0.29) is 0 Å². The standard InChI is InChI=1S/C15H18ClN/c1-4-5-12-6-7-14(16)13(9-12)15-8-11(2)10-17(15)3/h6-10H,4-5H2,1-3H3. The average molecular weight is 248 g/mol. The summed E-state index contributed by atoms with van der Waals surface area (Å²) in [4.78, 5) is 0. The van der Waals surface area contributed by atoms with Gasteiger partial charge in [0, 0.05) is 29.5 Å². The molecule has 17 heavy (non-hydrogen) atoms. The molecule has 1 heterocycles. The molecule has 1 nitrogen and oxygen atoms in total. The summed E-state index contributed by atoms with van der Waals surface area (Å²) in [7, 11) is 2.06. The number of benzene rings is 1. The number of hydrogen-bond acceptors (Lipinski definition) is 0. The molecule has 0 spiro atoms. The summed E-state index contributed by atoms with van der Waals surface area (Å²) in [6.07, 6.45) is 4.39. The number of hydrogen-bond donors (Lipinski definition) is 0. The van der Waals surface area contributed by atoms with E-state index >= 15 is 0 Å². The maximum Gasteiger partial charge on any atom is 0.0499 e. The molecule has 0 saturated heterocycles. The molecule has 1 aromatic carbocycles. The molecular weight excluding hydrogens is 230 g/mol. The number of nitrogens with zero attached hydrogens (tertiary/aromatic N) is 1. The van der Waals surface area contributed by atoms with Crippen molar-refractivity contribution >= 4 is 11.6 Å². The van der Waals surface area contributed by atoms with Gasteiger partial charge in [-0.15, -0.1) is 0 Å². The lowest BCUT2D eigenvalue weighted by atomic mass is 10.0. The first-order valence-corrected chi connectivity index (χ1v) is 6.41. The van der Waals surface area contributed by atoms with Gasteiger partial charge in [-0.1, -0.05) is 31.0 Å². The Morgan fingerprint density at radius 1 is 1.24 bits per heavy atom. The summed E-state index contributed by atoms with van der Waals surface area (Å²) in [6.45, 7) is 4.30. The summed E-state index contributed by atoms with van der Waals surface area (Å²) in [5, 5.41) is 0.825. The molecule has 0 aliphatic heterocycles. The summed E-state index contributed by atoms with van der Waals surface area (Å²) in [5.74, 6) is 0. The molecule has 2 heteroatoms. The summed E-state index contributed by atoms with van der Waals surface area (Å²) >= 11 is 6.30. The first-order chi connectivity index (χ1) is 8.11. The quantitative estimate of drug-likeness (QED) is 0.747. The van der Waals surface area contributed by atoms with Gasteiger partial charge in [0.2, 0.25) is 0 Å². The number of halogens is 1. The van der Waals surface area contributed by atoms with Crippen LogP contribution >= 0.6 is 11.6 Å². The summed E-state index contributed by atoms with van der Waals surface area (Å²) in [6, 6.07) is 8.51. The van der Waals surface area contributed by atoms with Crippen LogP contribution in [0.4, 0.5) is 0 Å². The molecule has 0 saturated carbocycles. The predicted molar refractivity (Wildman–Crippen MR) is 74.6 cm³/mol. The third kappa shape index (κ3) is 2.55. The van der Waals surface area contributed by atoms with Gasteiger partial charge in [0.05, 0.1) is 0 Å². The van der Waals surface area contributed by atoms with E-state index in [4.69, 9.17) is 11.6 Å². The van der Waals surface area contributed by atoms with Crippen molar-refractivity contribution < 1.29 is 0 Å². The van der Waals surface area contributed by atoms with Gasteiger partial charge in [0.15, 0.2) is 0 Å². The second-order valence-corrected chi connectivity index (χ2v) is 4.98. The number of rotatable bonds is 3. The zero-order valence-electron chi connectivity index (χ0n) is 10.6. The van der Waals surface area contributed by atoms with Gasteiger partial charge in [0.25, 0.3) is 0 Å². The van der Waals surface area contributed by atoms with Crippen LogP contribution < -0.4 is 0 Å². The van der Waals surface area contributed by atoms with Gasteiger partial charge in [-0.3, -0.25) is 0 Å². The molecule has 0 atom stereocenters. The van der Waals surface area contributed by atoms with E-state index in [0.29, 0.717) is 0 Å². The van der Waals surface area contributed by atoms with Crippen LogP contribution in [0.1, 0.15) is 24.5 Å². The van der Waals surface area contributed by atoms with Crippen molar-refractivity contribution in [3.05, 3.63) is 46.6 Å². The van der Waals surface area contributed by atoms with Crippen LogP contribution in [0.25, 0.3) is 11.3 Å². The Balaban J connectivity index is 2.50. The fourth-order valence-corrected chi connectivity index (χ4v) is 2.42. The van der Waals surface area contributed by atoms with Gasteiger partial charge < -0.3 is 4.57 Å². The van der Waals surface area contributed by atoms with Crippen molar-refractivity contribution in [2.24, 2.45) is 7.05 Å². The van der Waals surface area contributed by atoms with Gasteiger partial charge in [-0.25, -0.2) is 0 Å². The third-order valence-electron chi connectivity index (χ3n) is 2.99. The van der Waals surface area contributed by atoms with E-state index in [1.165, 1.54) is 16.8 Å². The van der Waals surface area contributed by atoms with Crippen LogP contribution in [-0.4, -0.2) is 4.57 Å². The van der Waals surface area contributed by atoms with E-state index in [1.54, 1.807) is 0 Å². The second-order valence-electron chi connectivity index (χ2n) is 4.58. The van der Waals surface area contributed by atoms with Crippen molar-refractivity contribution in [2.45, 2.75) is 26.7 Å². The zero-order valence-corrected chi connectivity index (χ0v) is 11.4. The Kier molecular flexibility index (Phi) is 3.58. The Morgan fingerprint density at radius 2 is 2.00 bits per heavy atom. The smallest absolute Gasteiger partial charge is 0.0499 e. The highest BCUT2D eigenvalue weighted by molar-refractivity contribution is 6.33. The van der Waals surface area contributed by atoms with Gasteiger partial charge in [0.1, 0.15) is 0 Å². The van der Waals surface area contributed by atoms with Crippen LogP contribution in [0.5, 0.6) is 0 Å². The van der Waals surface area contributed by atoms with Gasteiger partial charge in [-0.05, 0) is 42.7 Å². The lowest BCUT2D eigenvalue weighted by molar-refractivity contribution is 0.917. The van der Waals surface area contributed by atoms with E-state index in [1.807, 2.05) is 6.07 Å². The SMILES string of the molecule is CCCc1ccc(Cl)c(-c2cc(C)cn2C)c1. The largest absolute Gasteiger partial charge is 0.350 e. The molecule has 2 rings (SSSR count). The molecule has 0 N–H and O–H groups in total. The highest BCUT2D eigenvalue weighted by atomic mass is 35.5. The lowest BCUT2D eigenvalue weighted by Gasteiger charge is -2.08. The fraction of sp³-hybridized carbons (Fsp3) is 0.333. The zero-order chi connectivity index (χ0) is 12.4. The number of aryl methyl sites for hydroxylation is 3. The molecule has 1 aromatic heterocycles. The maximum absolute atomic E-state index is 6.30. The molecule has 0 bridgehead atoms. The average Bonchev–Trinajstić information content (AvgIpc) is 2.61. The minimum absolute atomic E-state index is 0.825. The van der Waals surface area contributed by atoms with E-state index in [0.717, 1.165) is 23.4 Å². The van der Waals surface area contributed by atoms with Crippen molar-refractivity contribution in [2.75, 3.05) is 0 Å². The van der Waals surface area contributed by atoms with Crippen molar-refractivity contribution in [3.63, 3.8) is 0 Å². The molecule has 0 amide bonds. The fourth-order valence-electron chi connectivity index (χ4n) is 2.21. The first kappa shape index (κ1) is 12.3. The highest BCUT2D eigenvalue weighted by Crippen LogP contribution is 2.30. The number of aromatic nitrogens is 1. The van der Waals surface area contributed by atoms with Crippen molar-refractivity contribution in [3.8, 4) is 11.3 Å². The van der Waals surface area contributed by atoms with E-state index in [2.05, 4.69) is 49.9 Å². The molecule has 0 aliphatic carbocycles. The van der Waals surface area contributed by atoms with E-state index < -0.39 is 0 Å². The van der Waals surface area contributed by atoms with Crippen LogP contribution in [0, 0.1) is 6.92 Å². The Labute approximate surface area is 108 Å². The van der Waals surface area contributed by atoms with Crippen LogP contribution in [0.3, 0.4) is 0 Å². The Hall–Kier alpha value is -1.21. The molecule has 0 fully saturated rings. The molecule has 2 aromatic rings. The monoisotopic (exact) mass is 247 g/mol. The molecule has 90 valence electrons. The van der Waals surface area contributed by atoms with Gasteiger partial charge >= 0.3 is 0 Å². The van der Waals surface area contributed by atoms with Crippen LogP contribution in [0.15, 0.2) is 30.5 Å². The molecule has 0 aliphatic rings. The Bertz CT molecular complexity index is 526. The van der Waals surface area contributed by atoms with Crippen molar-refractivity contribution in [1.82, 2.24) is 4.57 Å². The first-order valence-electron chi connectivity index (χ1n) is 6.03. The topological polar surface area (TPSA) is 4.93 Å². The van der Waals surface area contributed by atoms with Crippen LogP contribution in [0.2, 0.25) is 5.02 Å². The molecule has 0 radical (unpaired) electrons. The lowest BCUT2D eigenvalue weighted by Crippen LogP contribution is -1.92. The van der Waals surface area contributed by atoms with E-state index in [9.17, 15) is 0 Å². The molecule has 0 unspecified atom stereocenters. The minimum Gasteiger partial charge on any atom is -0.350 e. The van der Waals surface area contributed by atoms with Gasteiger partial charge in [-0.2, -0.15) is 0 Å². The van der Waals surface area contributed by atoms with Crippen LogP contribution in [-0.2, 0) is 13.5 Å². The minimum atomic E-state index is 0.825. The third-order valence-corrected chi connectivity index (χ3v) is 3.32. The normalized spacial score (nSPS) is 10.8. The predicted octanol–water partition coefficient (Wildman–Crippen LogP) is 4.61. The highest BCUT2D eigenvalue weighted by Gasteiger charge is 2.08. The molecular formula is C15H18ClN. The second kappa shape index (κ2) is 4.97. The summed E-state index contributed by atoms with van der Waals surface area (Å²) in [5.41, 5.74) is 4.93. The van der Waals surface area contributed by atoms with Crippen molar-refractivity contribution in [1.29, 1.82) is 0 Å². The summed E-state index contributed by atoms with van der Waals surface area (Å²) < 4.78 is 2.13.